The van der Waals surface area contributed by atoms with Gasteiger partial charge in [0.25, 0.3) is 5.91 Å². The minimum atomic E-state index is -0.592. The second-order valence-corrected chi connectivity index (χ2v) is 4.06. The van der Waals surface area contributed by atoms with Gasteiger partial charge in [0.1, 0.15) is 5.76 Å². The Kier molecular flexibility index (Phi) is 4.39. The molecule has 0 saturated carbocycles. The Labute approximate surface area is 115 Å². The first kappa shape index (κ1) is 13.7. The van der Waals surface area contributed by atoms with Crippen molar-refractivity contribution in [3.05, 3.63) is 54.0 Å². The van der Waals surface area contributed by atoms with E-state index in [-0.39, 0.29) is 13.2 Å². The van der Waals surface area contributed by atoms with Crippen molar-refractivity contribution < 1.29 is 18.7 Å². The third-order valence-corrected chi connectivity index (χ3v) is 2.50. The molecule has 1 aromatic carbocycles. The van der Waals surface area contributed by atoms with Crippen molar-refractivity contribution in [3.8, 4) is 0 Å². The number of rotatable bonds is 5. The second kappa shape index (κ2) is 6.42. The molecule has 0 aliphatic carbocycles. The van der Waals surface area contributed by atoms with E-state index in [9.17, 15) is 9.59 Å². The molecular weight excluding hydrogens is 260 g/mol. The van der Waals surface area contributed by atoms with Crippen molar-refractivity contribution in [2.75, 3.05) is 12.3 Å². The van der Waals surface area contributed by atoms with Gasteiger partial charge in [-0.2, -0.15) is 0 Å². The number of nitrogen functional groups attached to an aromatic ring is 1. The van der Waals surface area contributed by atoms with Gasteiger partial charge in [-0.25, -0.2) is 4.79 Å². The van der Waals surface area contributed by atoms with Crippen LogP contribution in [0.5, 0.6) is 0 Å². The number of anilines is 1. The van der Waals surface area contributed by atoms with Gasteiger partial charge >= 0.3 is 5.97 Å². The lowest BCUT2D eigenvalue weighted by Gasteiger charge is -2.06. The molecule has 0 fully saturated rings. The van der Waals surface area contributed by atoms with Crippen molar-refractivity contribution in [2.45, 2.75) is 6.54 Å². The molecule has 1 heterocycles. The third-order valence-electron chi connectivity index (χ3n) is 2.50. The molecule has 0 radical (unpaired) electrons. The summed E-state index contributed by atoms with van der Waals surface area (Å²) in [5.74, 6) is -0.371. The third kappa shape index (κ3) is 3.88. The predicted molar refractivity (Wildman–Crippen MR) is 71.7 cm³/mol. The lowest BCUT2D eigenvalue weighted by molar-refractivity contribution is -0.124. The molecule has 2 aromatic rings. The van der Waals surface area contributed by atoms with E-state index in [4.69, 9.17) is 14.9 Å². The Morgan fingerprint density at radius 2 is 2.10 bits per heavy atom. The summed E-state index contributed by atoms with van der Waals surface area (Å²) in [4.78, 5) is 23.1. The Bertz CT molecular complexity index is 593. The number of benzene rings is 1. The van der Waals surface area contributed by atoms with Gasteiger partial charge in [0, 0.05) is 5.69 Å². The summed E-state index contributed by atoms with van der Waals surface area (Å²) in [6.07, 6.45) is 1.52. The van der Waals surface area contributed by atoms with Gasteiger partial charge < -0.3 is 20.2 Å². The van der Waals surface area contributed by atoms with Crippen LogP contribution in [0.25, 0.3) is 0 Å². The number of amides is 1. The number of ether oxygens (including phenoxy) is 1. The molecular formula is C14H14N2O4. The van der Waals surface area contributed by atoms with E-state index in [2.05, 4.69) is 5.32 Å². The van der Waals surface area contributed by atoms with Crippen molar-refractivity contribution in [1.82, 2.24) is 5.32 Å². The first-order chi connectivity index (χ1) is 9.65. The summed E-state index contributed by atoms with van der Waals surface area (Å²) < 4.78 is 9.93. The first-order valence-corrected chi connectivity index (χ1v) is 5.97. The molecule has 0 aliphatic heterocycles. The molecule has 0 spiro atoms. The quantitative estimate of drug-likeness (QED) is 0.633. The maximum absolute atomic E-state index is 11.7. The average Bonchev–Trinajstić information content (AvgIpc) is 2.95. The van der Waals surface area contributed by atoms with Crippen LogP contribution in [-0.2, 0) is 16.1 Å². The highest BCUT2D eigenvalue weighted by Crippen LogP contribution is 2.07. The molecule has 6 nitrogen and oxygen atoms in total. The minimum absolute atomic E-state index is 0.252. The molecule has 104 valence electrons. The van der Waals surface area contributed by atoms with Gasteiger partial charge in [0.2, 0.25) is 0 Å². The fourth-order valence-electron chi connectivity index (χ4n) is 1.53. The number of carbonyl (C=O) groups excluding carboxylic acids is 2. The van der Waals surface area contributed by atoms with Crippen LogP contribution in [0.1, 0.15) is 16.1 Å². The molecule has 0 saturated heterocycles. The molecule has 2 rings (SSSR count). The fourth-order valence-corrected chi connectivity index (χ4v) is 1.53. The summed E-state index contributed by atoms with van der Waals surface area (Å²) in [5, 5.41) is 2.57. The molecule has 1 aromatic heterocycles. The van der Waals surface area contributed by atoms with E-state index < -0.39 is 11.9 Å². The first-order valence-electron chi connectivity index (χ1n) is 5.97. The zero-order chi connectivity index (χ0) is 14.4. The van der Waals surface area contributed by atoms with Crippen LogP contribution in [0.15, 0.2) is 47.1 Å². The zero-order valence-electron chi connectivity index (χ0n) is 10.7. The maximum Gasteiger partial charge on any atom is 0.338 e. The number of nitrogens with two attached hydrogens (primary N) is 1. The largest absolute Gasteiger partial charge is 0.467 e. The van der Waals surface area contributed by atoms with Gasteiger partial charge in [-0.1, -0.05) is 6.07 Å². The number of hydrogen-bond donors (Lipinski definition) is 2. The van der Waals surface area contributed by atoms with Crippen molar-refractivity contribution in [3.63, 3.8) is 0 Å². The van der Waals surface area contributed by atoms with E-state index >= 15 is 0 Å². The standard InChI is InChI=1S/C14H14N2O4/c15-11-4-1-3-10(7-11)14(18)20-9-13(17)16-8-12-5-2-6-19-12/h1-7H,8-9,15H2,(H,16,17). The highest BCUT2D eigenvalue weighted by Gasteiger charge is 2.10. The van der Waals surface area contributed by atoms with Crippen LogP contribution < -0.4 is 11.1 Å². The van der Waals surface area contributed by atoms with Gasteiger partial charge in [-0.3, -0.25) is 4.79 Å². The van der Waals surface area contributed by atoms with E-state index in [0.29, 0.717) is 17.0 Å². The number of furan rings is 1. The number of hydrogen-bond acceptors (Lipinski definition) is 5. The molecule has 3 N–H and O–H groups in total. The molecule has 0 aliphatic rings. The summed E-state index contributed by atoms with van der Waals surface area (Å²) in [6.45, 7) is -0.101. The van der Waals surface area contributed by atoms with Crippen molar-refractivity contribution in [1.29, 1.82) is 0 Å². The van der Waals surface area contributed by atoms with Crippen molar-refractivity contribution >= 4 is 17.6 Å². The van der Waals surface area contributed by atoms with Crippen LogP contribution in [-0.4, -0.2) is 18.5 Å². The highest BCUT2D eigenvalue weighted by atomic mass is 16.5. The minimum Gasteiger partial charge on any atom is -0.467 e. The monoisotopic (exact) mass is 274 g/mol. The van der Waals surface area contributed by atoms with Gasteiger partial charge in [-0.15, -0.1) is 0 Å². The summed E-state index contributed by atoms with van der Waals surface area (Å²) in [6, 6.07) is 9.82. The van der Waals surface area contributed by atoms with Crippen molar-refractivity contribution in [2.24, 2.45) is 0 Å². The van der Waals surface area contributed by atoms with E-state index in [1.165, 1.54) is 12.3 Å². The lowest BCUT2D eigenvalue weighted by atomic mass is 10.2. The number of nitrogens with one attached hydrogen (secondary N) is 1. The normalized spacial score (nSPS) is 10.0. The second-order valence-electron chi connectivity index (χ2n) is 4.06. The van der Waals surface area contributed by atoms with E-state index in [0.717, 1.165) is 0 Å². The van der Waals surface area contributed by atoms with Crippen LogP contribution in [0.2, 0.25) is 0 Å². The molecule has 0 atom stereocenters. The van der Waals surface area contributed by atoms with Crippen LogP contribution in [0.3, 0.4) is 0 Å². The van der Waals surface area contributed by atoms with Crippen LogP contribution in [0, 0.1) is 0 Å². The van der Waals surface area contributed by atoms with E-state index in [1.54, 1.807) is 30.3 Å². The summed E-state index contributed by atoms with van der Waals surface area (Å²) in [7, 11) is 0. The lowest BCUT2D eigenvalue weighted by Crippen LogP contribution is -2.28. The zero-order valence-corrected chi connectivity index (χ0v) is 10.7. The predicted octanol–water partition coefficient (Wildman–Crippen LogP) is 1.33. The SMILES string of the molecule is Nc1cccc(C(=O)OCC(=O)NCc2ccco2)c1. The summed E-state index contributed by atoms with van der Waals surface area (Å²) >= 11 is 0. The van der Waals surface area contributed by atoms with E-state index in [1.807, 2.05) is 0 Å². The Morgan fingerprint density at radius 1 is 1.25 bits per heavy atom. The Balaban J connectivity index is 1.77. The molecule has 0 bridgehead atoms. The topological polar surface area (TPSA) is 94.6 Å². The van der Waals surface area contributed by atoms with Gasteiger partial charge in [0.05, 0.1) is 18.4 Å². The smallest absolute Gasteiger partial charge is 0.338 e. The maximum atomic E-state index is 11.7. The number of esters is 1. The molecule has 0 unspecified atom stereocenters. The Morgan fingerprint density at radius 3 is 2.80 bits per heavy atom. The Hall–Kier alpha value is -2.76. The number of carbonyl (C=O) groups is 2. The highest BCUT2D eigenvalue weighted by molar-refractivity contribution is 5.92. The molecule has 6 heteroatoms. The van der Waals surface area contributed by atoms with Gasteiger partial charge in [0.15, 0.2) is 6.61 Å². The summed E-state index contributed by atoms with van der Waals surface area (Å²) in [5.41, 5.74) is 6.33. The van der Waals surface area contributed by atoms with Crippen LogP contribution >= 0.6 is 0 Å². The molecule has 20 heavy (non-hydrogen) atoms. The fraction of sp³-hybridized carbons (Fsp3) is 0.143. The molecule has 1 amide bonds. The average molecular weight is 274 g/mol. The van der Waals surface area contributed by atoms with Gasteiger partial charge in [-0.05, 0) is 30.3 Å². The van der Waals surface area contributed by atoms with Crippen LogP contribution in [0.4, 0.5) is 5.69 Å².